The minimum atomic E-state index is -0.745. The van der Waals surface area contributed by atoms with E-state index < -0.39 is 18.0 Å². The predicted molar refractivity (Wildman–Crippen MR) is 124 cm³/mol. The second-order valence-electron chi connectivity index (χ2n) is 7.80. The molecule has 0 saturated carbocycles. The lowest BCUT2D eigenvalue weighted by Crippen LogP contribution is -2.27. The average molecular weight is 439 g/mol. The number of hydrogen-bond acceptors (Lipinski definition) is 6. The molecule has 0 aromatic carbocycles. The van der Waals surface area contributed by atoms with Crippen molar-refractivity contribution in [3.8, 4) is 0 Å². The van der Waals surface area contributed by atoms with E-state index in [0.717, 1.165) is 12.8 Å². The van der Waals surface area contributed by atoms with E-state index in [1.54, 1.807) is 6.92 Å². The van der Waals surface area contributed by atoms with Crippen molar-refractivity contribution in [1.29, 1.82) is 0 Å². The van der Waals surface area contributed by atoms with Gasteiger partial charge in [0.05, 0.1) is 6.42 Å². The minimum Gasteiger partial charge on any atom is -0.481 e. The first kappa shape index (κ1) is 29.0. The fourth-order valence-electron chi connectivity index (χ4n) is 4.11. The molecular weight excluding hydrogens is 396 g/mol. The van der Waals surface area contributed by atoms with Crippen molar-refractivity contribution < 1.29 is 19.5 Å². The summed E-state index contributed by atoms with van der Waals surface area (Å²) in [6.07, 6.45) is 15.0. The third kappa shape index (κ3) is 11.8. The first-order chi connectivity index (χ1) is 14.9. The molecule has 0 aromatic heterocycles. The number of aliphatic carboxylic acids is 1. The molecule has 31 heavy (non-hydrogen) atoms. The third-order valence-electron chi connectivity index (χ3n) is 5.71. The Labute approximate surface area is 187 Å². The number of carbonyl (C=O) groups excluding carboxylic acids is 1. The standard InChI is InChI=1S/C19H30N2O3.C3H6O2.C2H6/c1-14-11-12-15-7-3-5-10-18(15)17(14)9-6-4-8-16(21-23)13-19(22)24-20-2;1-2-3(4)5;1-2/h7,11-12,14,16-18,20H,3-6,8-10,13H2,1-2H3;2H2,1H3,(H,4,5);1-2H3. The van der Waals surface area contributed by atoms with Gasteiger partial charge in [-0.2, -0.15) is 10.4 Å². The van der Waals surface area contributed by atoms with E-state index in [1.165, 1.54) is 38.3 Å². The number of hydrogen-bond donors (Lipinski definition) is 2. The number of carboxylic acid groups (broad SMARTS) is 1. The number of rotatable bonds is 10. The highest BCUT2D eigenvalue weighted by Crippen LogP contribution is 2.42. The van der Waals surface area contributed by atoms with Crippen LogP contribution in [0, 0.1) is 22.7 Å². The highest BCUT2D eigenvalue weighted by molar-refractivity contribution is 5.69. The SMILES string of the molecule is CC.CCC(=O)O.CNOC(=O)CC(CCCCC1C(C)C=CC2=CCCCC21)N=O. The largest absolute Gasteiger partial charge is 0.481 e. The number of nitrogens with zero attached hydrogens (tertiary/aromatic N) is 1. The van der Waals surface area contributed by atoms with Gasteiger partial charge < -0.3 is 9.94 Å². The number of unbranched alkanes of at least 4 members (excludes halogenated alkanes) is 1. The molecule has 0 fully saturated rings. The van der Waals surface area contributed by atoms with E-state index >= 15 is 0 Å². The molecule has 7 nitrogen and oxygen atoms in total. The van der Waals surface area contributed by atoms with Gasteiger partial charge in [-0.1, -0.05) is 63.9 Å². The van der Waals surface area contributed by atoms with Gasteiger partial charge in [-0.25, -0.2) is 0 Å². The van der Waals surface area contributed by atoms with Crippen molar-refractivity contribution >= 4 is 11.9 Å². The molecule has 2 aliphatic carbocycles. The Bertz CT molecular complexity index is 589. The summed E-state index contributed by atoms with van der Waals surface area (Å²) in [6.45, 7) is 7.92. The van der Waals surface area contributed by atoms with E-state index in [1.807, 2.05) is 13.8 Å². The average Bonchev–Trinajstić information content (AvgIpc) is 2.78. The molecule has 2 aliphatic rings. The van der Waals surface area contributed by atoms with Crippen molar-refractivity contribution in [2.75, 3.05) is 7.05 Å². The molecular formula is C24H42N2O5. The van der Waals surface area contributed by atoms with E-state index in [2.05, 4.69) is 40.6 Å². The number of allylic oxidation sites excluding steroid dienone is 4. The lowest BCUT2D eigenvalue weighted by Gasteiger charge is -2.37. The maximum atomic E-state index is 11.4. The quantitative estimate of drug-likeness (QED) is 0.253. The highest BCUT2D eigenvalue weighted by atomic mass is 16.7. The van der Waals surface area contributed by atoms with Gasteiger partial charge in [-0.05, 0) is 55.4 Å². The lowest BCUT2D eigenvalue weighted by molar-refractivity contribution is -0.150. The summed E-state index contributed by atoms with van der Waals surface area (Å²) in [7, 11) is 1.52. The Hall–Kier alpha value is -2.02. The summed E-state index contributed by atoms with van der Waals surface area (Å²) in [5.41, 5.74) is 3.87. The highest BCUT2D eigenvalue weighted by Gasteiger charge is 2.31. The Morgan fingerprint density at radius 2 is 2.00 bits per heavy atom. The van der Waals surface area contributed by atoms with Crippen LogP contribution in [0.1, 0.15) is 85.5 Å². The van der Waals surface area contributed by atoms with Crippen molar-refractivity contribution in [3.63, 3.8) is 0 Å². The van der Waals surface area contributed by atoms with Gasteiger partial charge in [0.2, 0.25) is 0 Å². The van der Waals surface area contributed by atoms with Gasteiger partial charge in [-0.3, -0.25) is 9.59 Å². The molecule has 0 spiro atoms. The zero-order valence-electron chi connectivity index (χ0n) is 19.9. The number of hydroxylamine groups is 1. The zero-order chi connectivity index (χ0) is 23.6. The van der Waals surface area contributed by atoms with Gasteiger partial charge in [0.25, 0.3) is 0 Å². The summed E-state index contributed by atoms with van der Waals surface area (Å²) in [5, 5.41) is 10.8. The molecule has 0 aromatic rings. The van der Waals surface area contributed by atoms with Crippen molar-refractivity contribution in [2.45, 2.75) is 91.5 Å². The number of nitroso groups, excluding NO2 is 1. The molecule has 7 heteroatoms. The van der Waals surface area contributed by atoms with Crippen LogP contribution in [0.25, 0.3) is 0 Å². The maximum Gasteiger partial charge on any atom is 0.327 e. The summed E-state index contributed by atoms with van der Waals surface area (Å²) < 4.78 is 0. The van der Waals surface area contributed by atoms with Gasteiger partial charge in [0, 0.05) is 13.5 Å². The number of fused-ring (bicyclic) bond motifs is 1. The topological polar surface area (TPSA) is 105 Å². The zero-order valence-corrected chi connectivity index (χ0v) is 19.9. The summed E-state index contributed by atoms with van der Waals surface area (Å²) in [6, 6.07) is -0.473. The van der Waals surface area contributed by atoms with Crippen molar-refractivity contribution in [1.82, 2.24) is 5.48 Å². The van der Waals surface area contributed by atoms with Crippen LogP contribution in [-0.2, 0) is 14.4 Å². The third-order valence-corrected chi connectivity index (χ3v) is 5.71. The van der Waals surface area contributed by atoms with Gasteiger partial charge >= 0.3 is 11.9 Å². The van der Waals surface area contributed by atoms with Crippen LogP contribution in [-0.4, -0.2) is 30.1 Å². The first-order valence-corrected chi connectivity index (χ1v) is 11.7. The molecule has 0 amide bonds. The van der Waals surface area contributed by atoms with Crippen LogP contribution in [0.4, 0.5) is 0 Å². The number of carbonyl (C=O) groups is 2. The normalized spacial score (nSPS) is 22.4. The molecule has 4 unspecified atom stereocenters. The molecule has 0 heterocycles. The Morgan fingerprint density at radius 3 is 2.58 bits per heavy atom. The molecule has 0 aliphatic heterocycles. The molecule has 0 bridgehead atoms. The second-order valence-corrected chi connectivity index (χ2v) is 7.80. The fourth-order valence-corrected chi connectivity index (χ4v) is 4.11. The maximum absolute atomic E-state index is 11.4. The van der Waals surface area contributed by atoms with Crippen LogP contribution in [0.3, 0.4) is 0 Å². The predicted octanol–water partition coefficient (Wildman–Crippen LogP) is 5.81. The summed E-state index contributed by atoms with van der Waals surface area (Å²) in [5.74, 6) is 0.869. The first-order valence-electron chi connectivity index (χ1n) is 11.7. The molecule has 2 N–H and O–H groups in total. The van der Waals surface area contributed by atoms with Crippen LogP contribution in [0.5, 0.6) is 0 Å². The summed E-state index contributed by atoms with van der Waals surface area (Å²) in [4.78, 5) is 36.3. The van der Waals surface area contributed by atoms with Crippen LogP contribution >= 0.6 is 0 Å². The van der Waals surface area contributed by atoms with E-state index in [0.29, 0.717) is 24.2 Å². The summed E-state index contributed by atoms with van der Waals surface area (Å²) >= 11 is 0. The van der Waals surface area contributed by atoms with Crippen LogP contribution in [0.15, 0.2) is 29.0 Å². The molecule has 0 saturated heterocycles. The van der Waals surface area contributed by atoms with Crippen molar-refractivity contribution in [3.05, 3.63) is 28.7 Å². The minimum absolute atomic E-state index is 0.0580. The molecule has 178 valence electrons. The fraction of sp³-hybridized carbons (Fsp3) is 0.750. The van der Waals surface area contributed by atoms with E-state index in [4.69, 9.17) is 5.11 Å². The monoisotopic (exact) mass is 438 g/mol. The van der Waals surface area contributed by atoms with Crippen LogP contribution in [0.2, 0.25) is 0 Å². The Morgan fingerprint density at radius 1 is 1.32 bits per heavy atom. The van der Waals surface area contributed by atoms with Crippen LogP contribution < -0.4 is 5.48 Å². The Balaban J connectivity index is 0.00000113. The van der Waals surface area contributed by atoms with E-state index in [-0.39, 0.29) is 12.8 Å². The molecule has 2 rings (SSSR count). The molecule has 4 atom stereocenters. The van der Waals surface area contributed by atoms with Gasteiger partial charge in [0.15, 0.2) is 0 Å². The van der Waals surface area contributed by atoms with Gasteiger partial charge in [0.1, 0.15) is 6.04 Å². The number of nitrogens with one attached hydrogen (secondary N) is 1. The van der Waals surface area contributed by atoms with E-state index in [9.17, 15) is 14.5 Å². The second kappa shape index (κ2) is 17.6. The number of carboxylic acids is 1. The smallest absolute Gasteiger partial charge is 0.327 e. The molecule has 0 radical (unpaired) electrons. The van der Waals surface area contributed by atoms with Crippen molar-refractivity contribution in [2.24, 2.45) is 22.9 Å². The van der Waals surface area contributed by atoms with Gasteiger partial charge in [-0.15, -0.1) is 0 Å². The Kier molecular flexibility index (Phi) is 16.5. The lowest BCUT2D eigenvalue weighted by atomic mass is 9.68.